The van der Waals surface area contributed by atoms with Gasteiger partial charge in [-0.15, -0.1) is 0 Å². The maximum absolute atomic E-state index is 12.3. The number of unbranched alkanes of at least 4 members (excludes halogenated alkanes) is 5. The Labute approximate surface area is 176 Å². The normalized spacial score (nSPS) is 23.3. The molecular weight excluding hydrogens is 368 g/mol. The van der Waals surface area contributed by atoms with Gasteiger partial charge in [-0.05, 0) is 39.0 Å². The van der Waals surface area contributed by atoms with Gasteiger partial charge in [0.2, 0.25) is 0 Å². The molecule has 5 nitrogen and oxygen atoms in total. The van der Waals surface area contributed by atoms with E-state index in [1.807, 2.05) is 6.92 Å². The molecule has 0 radical (unpaired) electrons. The molecule has 1 aliphatic rings. The first kappa shape index (κ1) is 25.7. The summed E-state index contributed by atoms with van der Waals surface area (Å²) >= 11 is 0. The molecule has 0 aromatic carbocycles. The van der Waals surface area contributed by atoms with Gasteiger partial charge in [-0.3, -0.25) is 9.59 Å². The topological polar surface area (TPSA) is 83.8 Å². The van der Waals surface area contributed by atoms with E-state index < -0.39 is 11.7 Å². The second-order valence-corrected chi connectivity index (χ2v) is 8.24. The van der Waals surface area contributed by atoms with Crippen LogP contribution in [0.15, 0.2) is 0 Å². The fourth-order valence-electron chi connectivity index (χ4n) is 3.92. The van der Waals surface area contributed by atoms with Crippen LogP contribution in [-0.2, 0) is 14.3 Å². The molecule has 4 unspecified atom stereocenters. The number of carbonyl (C=O) groups is 2. The Bertz CT molecular complexity index is 561. The monoisotopic (exact) mass is 408 g/mol. The third-order valence-corrected chi connectivity index (χ3v) is 5.87. The highest BCUT2D eigenvalue weighted by Crippen LogP contribution is 2.33. The molecule has 166 valence electrons. The number of hydrogen-bond donors (Lipinski definition) is 2. The van der Waals surface area contributed by atoms with E-state index in [0.29, 0.717) is 32.3 Å². The first-order chi connectivity index (χ1) is 13.9. The lowest BCUT2D eigenvalue weighted by Gasteiger charge is -2.21. The number of esters is 1. The SMILES string of the molecule is CCCCCC(O)(C#CC1C(O)CC(=O)C1CCCCCCC(=O)OCC)CC. The van der Waals surface area contributed by atoms with Gasteiger partial charge in [0.15, 0.2) is 0 Å². The largest absolute Gasteiger partial charge is 0.466 e. The van der Waals surface area contributed by atoms with Crippen molar-refractivity contribution in [2.75, 3.05) is 6.61 Å². The summed E-state index contributed by atoms with van der Waals surface area (Å²) in [5.74, 6) is 5.37. The zero-order valence-corrected chi connectivity index (χ0v) is 18.5. The quantitative estimate of drug-likeness (QED) is 0.271. The summed E-state index contributed by atoms with van der Waals surface area (Å²) in [6.07, 6.45) is 8.36. The number of carbonyl (C=O) groups excluding carboxylic acids is 2. The summed E-state index contributed by atoms with van der Waals surface area (Å²) in [4.78, 5) is 23.7. The van der Waals surface area contributed by atoms with Crippen LogP contribution in [0.3, 0.4) is 0 Å². The van der Waals surface area contributed by atoms with Crippen molar-refractivity contribution in [2.24, 2.45) is 11.8 Å². The number of ether oxygens (including phenoxy) is 1. The first-order valence-corrected chi connectivity index (χ1v) is 11.5. The fourth-order valence-corrected chi connectivity index (χ4v) is 3.92. The van der Waals surface area contributed by atoms with Gasteiger partial charge < -0.3 is 14.9 Å². The summed E-state index contributed by atoms with van der Waals surface area (Å²) in [6.45, 7) is 6.26. The maximum Gasteiger partial charge on any atom is 0.305 e. The molecule has 0 amide bonds. The van der Waals surface area contributed by atoms with Crippen molar-refractivity contribution in [1.82, 2.24) is 0 Å². The van der Waals surface area contributed by atoms with Crippen molar-refractivity contribution in [3.05, 3.63) is 0 Å². The van der Waals surface area contributed by atoms with Crippen LogP contribution < -0.4 is 0 Å². The molecular formula is C24H40O5. The Kier molecular flexibility index (Phi) is 12.2. The number of aliphatic hydroxyl groups is 2. The van der Waals surface area contributed by atoms with E-state index in [-0.39, 0.29) is 30.0 Å². The molecule has 1 aliphatic carbocycles. The highest BCUT2D eigenvalue weighted by Gasteiger charge is 2.40. The van der Waals surface area contributed by atoms with Crippen molar-refractivity contribution in [3.8, 4) is 11.8 Å². The second kappa shape index (κ2) is 13.8. The van der Waals surface area contributed by atoms with Gasteiger partial charge in [-0.2, -0.15) is 0 Å². The number of rotatable bonds is 13. The van der Waals surface area contributed by atoms with Gasteiger partial charge in [0.25, 0.3) is 0 Å². The minimum atomic E-state index is -1.03. The lowest BCUT2D eigenvalue weighted by Crippen LogP contribution is -2.27. The van der Waals surface area contributed by atoms with E-state index in [0.717, 1.165) is 44.9 Å². The van der Waals surface area contributed by atoms with E-state index >= 15 is 0 Å². The van der Waals surface area contributed by atoms with Crippen LogP contribution in [0, 0.1) is 23.7 Å². The second-order valence-electron chi connectivity index (χ2n) is 8.24. The molecule has 0 aromatic heterocycles. The molecule has 1 fully saturated rings. The summed E-state index contributed by atoms with van der Waals surface area (Å²) in [5, 5.41) is 21.0. The number of ketones is 1. The molecule has 0 aromatic rings. The molecule has 0 spiro atoms. The first-order valence-electron chi connectivity index (χ1n) is 11.5. The molecule has 4 atom stereocenters. The zero-order chi connectivity index (χ0) is 21.7. The molecule has 0 heterocycles. The van der Waals surface area contributed by atoms with E-state index in [1.54, 1.807) is 6.92 Å². The predicted octanol–water partition coefficient (Wildman–Crippen LogP) is 4.18. The summed E-state index contributed by atoms with van der Waals surface area (Å²) in [7, 11) is 0. The third-order valence-electron chi connectivity index (χ3n) is 5.87. The maximum atomic E-state index is 12.3. The molecule has 0 saturated heterocycles. The fraction of sp³-hybridized carbons (Fsp3) is 0.833. The third kappa shape index (κ3) is 9.31. The van der Waals surface area contributed by atoms with E-state index in [2.05, 4.69) is 18.8 Å². The standard InChI is InChI=1S/C24H40O5/c1-4-7-12-16-24(28,5-2)17-15-20-19(21(25)18-22(20)26)13-10-8-9-11-14-23(27)29-6-3/h19-20,22,26,28H,4-14,16,18H2,1-3H3. The number of aliphatic hydroxyl groups excluding tert-OH is 1. The minimum Gasteiger partial charge on any atom is -0.466 e. The Morgan fingerprint density at radius 3 is 2.52 bits per heavy atom. The van der Waals surface area contributed by atoms with Gasteiger partial charge in [0.05, 0.1) is 18.6 Å². The van der Waals surface area contributed by atoms with Crippen LogP contribution in [0.25, 0.3) is 0 Å². The molecule has 2 N–H and O–H groups in total. The Morgan fingerprint density at radius 1 is 1.14 bits per heavy atom. The molecule has 1 rings (SSSR count). The van der Waals surface area contributed by atoms with Gasteiger partial charge in [0, 0.05) is 18.8 Å². The summed E-state index contributed by atoms with van der Waals surface area (Å²) < 4.78 is 4.92. The average molecular weight is 409 g/mol. The average Bonchev–Trinajstić information content (AvgIpc) is 2.96. The predicted molar refractivity (Wildman–Crippen MR) is 114 cm³/mol. The number of Topliss-reactive ketones (excluding diaryl/α,β-unsaturated/α-hetero) is 1. The summed E-state index contributed by atoms with van der Waals surface area (Å²) in [5.41, 5.74) is -1.03. The lowest BCUT2D eigenvalue weighted by molar-refractivity contribution is -0.143. The van der Waals surface area contributed by atoms with E-state index in [9.17, 15) is 19.8 Å². The van der Waals surface area contributed by atoms with Crippen molar-refractivity contribution in [1.29, 1.82) is 0 Å². The summed E-state index contributed by atoms with van der Waals surface area (Å²) in [6, 6.07) is 0. The van der Waals surface area contributed by atoms with Crippen LogP contribution in [0.2, 0.25) is 0 Å². The van der Waals surface area contributed by atoms with Crippen molar-refractivity contribution in [2.45, 2.75) is 110 Å². The molecule has 0 bridgehead atoms. The van der Waals surface area contributed by atoms with E-state index in [4.69, 9.17) is 4.74 Å². The minimum absolute atomic E-state index is 0.0781. The molecule has 1 saturated carbocycles. The van der Waals surface area contributed by atoms with E-state index in [1.165, 1.54) is 0 Å². The van der Waals surface area contributed by atoms with Gasteiger partial charge in [-0.1, -0.05) is 57.8 Å². The molecule has 29 heavy (non-hydrogen) atoms. The number of hydrogen-bond acceptors (Lipinski definition) is 5. The highest BCUT2D eigenvalue weighted by molar-refractivity contribution is 5.85. The van der Waals surface area contributed by atoms with Crippen LogP contribution in [0.1, 0.15) is 97.8 Å². The van der Waals surface area contributed by atoms with Crippen LogP contribution >= 0.6 is 0 Å². The lowest BCUT2D eigenvalue weighted by atomic mass is 9.87. The van der Waals surface area contributed by atoms with Gasteiger partial charge in [0.1, 0.15) is 11.4 Å². The van der Waals surface area contributed by atoms with Gasteiger partial charge in [-0.25, -0.2) is 0 Å². The molecule has 0 aliphatic heterocycles. The van der Waals surface area contributed by atoms with Crippen LogP contribution in [0.5, 0.6) is 0 Å². The molecule has 5 heteroatoms. The highest BCUT2D eigenvalue weighted by atomic mass is 16.5. The van der Waals surface area contributed by atoms with Crippen LogP contribution in [0.4, 0.5) is 0 Å². The van der Waals surface area contributed by atoms with Crippen LogP contribution in [-0.4, -0.2) is 40.3 Å². The zero-order valence-electron chi connectivity index (χ0n) is 18.5. The van der Waals surface area contributed by atoms with Crippen molar-refractivity contribution >= 4 is 11.8 Å². The Hall–Kier alpha value is -1.38. The van der Waals surface area contributed by atoms with Crippen molar-refractivity contribution < 1.29 is 24.5 Å². The van der Waals surface area contributed by atoms with Gasteiger partial charge >= 0.3 is 5.97 Å². The Balaban J connectivity index is 2.53. The smallest absolute Gasteiger partial charge is 0.305 e. The Morgan fingerprint density at radius 2 is 1.86 bits per heavy atom. The van der Waals surface area contributed by atoms with Crippen molar-refractivity contribution in [3.63, 3.8) is 0 Å².